The number of carbonyl (C=O) groups excluding carboxylic acids is 1. The molecule has 24 heavy (non-hydrogen) atoms. The highest BCUT2D eigenvalue weighted by Crippen LogP contribution is 2.29. The average Bonchev–Trinajstić information content (AvgIpc) is 2.56. The quantitative estimate of drug-likeness (QED) is 0.899. The molecule has 2 rings (SSSR count). The molecule has 0 spiro atoms. The van der Waals surface area contributed by atoms with Crippen molar-refractivity contribution in [2.75, 3.05) is 25.0 Å². The molecule has 0 aliphatic heterocycles. The van der Waals surface area contributed by atoms with Crippen LogP contribution in [-0.4, -0.2) is 26.0 Å². The number of hydrogen-bond donors (Lipinski definition) is 1. The zero-order valence-electron chi connectivity index (χ0n) is 13.5. The molecule has 0 radical (unpaired) electrons. The summed E-state index contributed by atoms with van der Waals surface area (Å²) in [7, 11) is 1.77. The van der Waals surface area contributed by atoms with Gasteiger partial charge in [0.2, 0.25) is 0 Å². The number of rotatable bonds is 5. The summed E-state index contributed by atoms with van der Waals surface area (Å²) in [6, 6.07) is 11.7. The lowest BCUT2D eigenvalue weighted by Crippen LogP contribution is -2.36. The van der Waals surface area contributed by atoms with E-state index in [0.717, 1.165) is 17.7 Å². The summed E-state index contributed by atoms with van der Waals surface area (Å²) >= 11 is 0. The molecule has 0 bridgehead atoms. The molecule has 1 amide bonds. The monoisotopic (exact) mass is 336 g/mol. The minimum Gasteiger partial charge on any atom is -0.318 e. The number of benzene rings is 2. The summed E-state index contributed by atoms with van der Waals surface area (Å²) < 4.78 is 37.9. The van der Waals surface area contributed by atoms with Crippen molar-refractivity contribution < 1.29 is 18.0 Å². The summed E-state index contributed by atoms with van der Waals surface area (Å²) in [6.07, 6.45) is -4.41. The summed E-state index contributed by atoms with van der Waals surface area (Å²) in [5, 5.41) is 2.97. The van der Waals surface area contributed by atoms with Crippen LogP contribution in [-0.2, 0) is 6.18 Å². The first-order valence-electron chi connectivity index (χ1n) is 7.53. The molecule has 2 aromatic carbocycles. The number of anilines is 1. The van der Waals surface area contributed by atoms with Crippen molar-refractivity contribution in [3.63, 3.8) is 0 Å². The van der Waals surface area contributed by atoms with Crippen LogP contribution in [0.3, 0.4) is 0 Å². The summed E-state index contributed by atoms with van der Waals surface area (Å²) in [5.41, 5.74) is 1.23. The van der Waals surface area contributed by atoms with E-state index in [9.17, 15) is 18.0 Å². The van der Waals surface area contributed by atoms with Gasteiger partial charge in [-0.25, -0.2) is 0 Å². The lowest BCUT2D eigenvalue weighted by Gasteiger charge is -2.23. The van der Waals surface area contributed by atoms with E-state index in [2.05, 4.69) is 5.32 Å². The standard InChI is InChI=1S/C18H19F3N2O/c1-13-3-9-16(10-4-13)23(12-11-22-2)17(24)14-5-7-15(8-6-14)18(19,20)21/h3-10,22H,11-12H2,1-2H3. The van der Waals surface area contributed by atoms with Gasteiger partial charge in [0.25, 0.3) is 5.91 Å². The van der Waals surface area contributed by atoms with Gasteiger partial charge in [-0.15, -0.1) is 0 Å². The molecule has 6 heteroatoms. The maximum atomic E-state index is 12.7. The number of carbonyl (C=O) groups is 1. The lowest BCUT2D eigenvalue weighted by molar-refractivity contribution is -0.137. The molecule has 0 aromatic heterocycles. The fraction of sp³-hybridized carbons (Fsp3) is 0.278. The van der Waals surface area contributed by atoms with Gasteiger partial charge in [-0.1, -0.05) is 17.7 Å². The number of hydrogen-bond acceptors (Lipinski definition) is 2. The molecular weight excluding hydrogens is 317 g/mol. The van der Waals surface area contributed by atoms with E-state index in [1.165, 1.54) is 12.1 Å². The lowest BCUT2D eigenvalue weighted by atomic mass is 10.1. The Morgan fingerprint density at radius 3 is 2.12 bits per heavy atom. The molecule has 0 aliphatic carbocycles. The molecule has 0 saturated heterocycles. The Kier molecular flexibility index (Phi) is 5.62. The topological polar surface area (TPSA) is 32.3 Å². The van der Waals surface area contributed by atoms with Gasteiger partial charge >= 0.3 is 6.18 Å². The normalized spacial score (nSPS) is 11.4. The van der Waals surface area contributed by atoms with Crippen LogP contribution < -0.4 is 10.2 Å². The zero-order chi connectivity index (χ0) is 17.7. The Morgan fingerprint density at radius 1 is 1.04 bits per heavy atom. The number of halogens is 3. The molecule has 0 aliphatic rings. The third-order valence-electron chi connectivity index (χ3n) is 3.64. The fourth-order valence-electron chi connectivity index (χ4n) is 2.25. The van der Waals surface area contributed by atoms with Crippen LogP contribution in [0.4, 0.5) is 18.9 Å². The van der Waals surface area contributed by atoms with Gasteiger partial charge in [0.15, 0.2) is 0 Å². The summed E-state index contributed by atoms with van der Waals surface area (Å²) in [6.45, 7) is 2.93. The van der Waals surface area contributed by atoms with Crippen LogP contribution >= 0.6 is 0 Å². The van der Waals surface area contributed by atoms with Crippen LogP contribution in [0, 0.1) is 6.92 Å². The Bertz CT molecular complexity index is 679. The highest BCUT2D eigenvalue weighted by atomic mass is 19.4. The average molecular weight is 336 g/mol. The molecule has 0 unspecified atom stereocenters. The molecule has 0 saturated carbocycles. The van der Waals surface area contributed by atoms with Gasteiger partial charge in [-0.05, 0) is 50.4 Å². The van der Waals surface area contributed by atoms with Gasteiger partial charge in [0, 0.05) is 24.3 Å². The molecule has 2 aromatic rings. The Hall–Kier alpha value is -2.34. The minimum absolute atomic E-state index is 0.222. The van der Waals surface area contributed by atoms with Gasteiger partial charge in [0.1, 0.15) is 0 Å². The molecule has 0 heterocycles. The third kappa shape index (κ3) is 4.35. The maximum absolute atomic E-state index is 12.7. The van der Waals surface area contributed by atoms with E-state index in [-0.39, 0.29) is 11.5 Å². The van der Waals surface area contributed by atoms with E-state index in [1.807, 2.05) is 31.2 Å². The first-order chi connectivity index (χ1) is 11.3. The number of nitrogens with one attached hydrogen (secondary N) is 1. The van der Waals surface area contributed by atoms with Crippen LogP contribution in [0.2, 0.25) is 0 Å². The SMILES string of the molecule is CNCCN(C(=O)c1ccc(C(F)(F)F)cc1)c1ccc(C)cc1. The first kappa shape index (κ1) is 18.0. The van der Waals surface area contributed by atoms with Crippen molar-refractivity contribution in [2.24, 2.45) is 0 Å². The number of amides is 1. The van der Waals surface area contributed by atoms with Crippen molar-refractivity contribution in [3.8, 4) is 0 Å². The molecule has 0 fully saturated rings. The second-order valence-corrected chi connectivity index (χ2v) is 5.47. The van der Waals surface area contributed by atoms with Crippen molar-refractivity contribution >= 4 is 11.6 Å². The Morgan fingerprint density at radius 2 is 1.62 bits per heavy atom. The van der Waals surface area contributed by atoms with Crippen molar-refractivity contribution in [2.45, 2.75) is 13.1 Å². The predicted molar refractivity (Wildman–Crippen MR) is 88.2 cm³/mol. The summed E-state index contributed by atoms with van der Waals surface area (Å²) in [4.78, 5) is 14.3. The van der Waals surface area contributed by atoms with Crippen LogP contribution in [0.1, 0.15) is 21.5 Å². The van der Waals surface area contributed by atoms with Crippen molar-refractivity contribution in [1.82, 2.24) is 5.32 Å². The minimum atomic E-state index is -4.41. The smallest absolute Gasteiger partial charge is 0.318 e. The molecular formula is C18H19F3N2O. The molecule has 3 nitrogen and oxygen atoms in total. The number of alkyl halides is 3. The second kappa shape index (κ2) is 7.49. The summed E-state index contributed by atoms with van der Waals surface area (Å²) in [5.74, 6) is -0.331. The maximum Gasteiger partial charge on any atom is 0.416 e. The fourth-order valence-corrected chi connectivity index (χ4v) is 2.25. The molecule has 0 atom stereocenters. The third-order valence-corrected chi connectivity index (χ3v) is 3.64. The Labute approximate surface area is 139 Å². The van der Waals surface area contributed by atoms with E-state index in [1.54, 1.807) is 11.9 Å². The highest BCUT2D eigenvalue weighted by molar-refractivity contribution is 6.06. The van der Waals surface area contributed by atoms with Crippen LogP contribution in [0.25, 0.3) is 0 Å². The molecule has 1 N–H and O–H groups in total. The molecule has 128 valence electrons. The Balaban J connectivity index is 2.28. The van der Waals surface area contributed by atoms with Gasteiger partial charge < -0.3 is 10.2 Å². The van der Waals surface area contributed by atoms with E-state index in [0.29, 0.717) is 18.8 Å². The highest BCUT2D eigenvalue weighted by Gasteiger charge is 2.30. The number of aryl methyl sites for hydroxylation is 1. The zero-order valence-corrected chi connectivity index (χ0v) is 13.5. The van der Waals surface area contributed by atoms with E-state index in [4.69, 9.17) is 0 Å². The number of likely N-dealkylation sites (N-methyl/N-ethyl adjacent to an activating group) is 1. The van der Waals surface area contributed by atoms with Crippen LogP contribution in [0.5, 0.6) is 0 Å². The van der Waals surface area contributed by atoms with E-state index >= 15 is 0 Å². The van der Waals surface area contributed by atoms with E-state index < -0.39 is 11.7 Å². The van der Waals surface area contributed by atoms with Crippen molar-refractivity contribution in [1.29, 1.82) is 0 Å². The predicted octanol–water partition coefficient (Wildman–Crippen LogP) is 3.88. The van der Waals surface area contributed by atoms with Gasteiger partial charge in [0.05, 0.1) is 5.56 Å². The number of nitrogens with zero attached hydrogens (tertiary/aromatic N) is 1. The second-order valence-electron chi connectivity index (χ2n) is 5.47. The van der Waals surface area contributed by atoms with Crippen LogP contribution in [0.15, 0.2) is 48.5 Å². The first-order valence-corrected chi connectivity index (χ1v) is 7.53. The van der Waals surface area contributed by atoms with Gasteiger partial charge in [-0.2, -0.15) is 13.2 Å². The van der Waals surface area contributed by atoms with Gasteiger partial charge in [-0.3, -0.25) is 4.79 Å². The largest absolute Gasteiger partial charge is 0.416 e. The van der Waals surface area contributed by atoms with Crippen molar-refractivity contribution in [3.05, 3.63) is 65.2 Å².